The molecule has 0 bridgehead atoms. The summed E-state index contributed by atoms with van der Waals surface area (Å²) in [5.74, 6) is 0.662. The Kier molecular flexibility index (Phi) is 8.88. The zero-order chi connectivity index (χ0) is 30.3. The van der Waals surface area contributed by atoms with Crippen molar-refractivity contribution >= 4 is 17.6 Å². The molecule has 0 saturated carbocycles. The van der Waals surface area contributed by atoms with Crippen molar-refractivity contribution < 1.29 is 37.0 Å². The minimum Gasteiger partial charge on any atom is -0.457 e. The lowest BCUT2D eigenvalue weighted by Crippen LogP contribution is -2.27. The second-order valence-corrected chi connectivity index (χ2v) is 9.60. The third kappa shape index (κ3) is 8.64. The van der Waals surface area contributed by atoms with Crippen molar-refractivity contribution in [2.75, 3.05) is 5.32 Å². The van der Waals surface area contributed by atoms with Crippen molar-refractivity contribution in [3.63, 3.8) is 0 Å². The SMILES string of the molecule is Cn1nnnc1/C(=N\OCc1cccc(NC(=O)OC(C)(C)C)n1)c1ccccc1Oc1ccc(OC(F)(F)F)cc1. The lowest BCUT2D eigenvalue weighted by molar-refractivity contribution is -0.274. The molecule has 4 aromatic rings. The minimum atomic E-state index is -4.81. The van der Waals surface area contributed by atoms with E-state index in [1.165, 1.54) is 16.8 Å². The highest BCUT2D eigenvalue weighted by Crippen LogP contribution is 2.30. The predicted octanol–water partition coefficient (Wildman–Crippen LogP) is 5.61. The van der Waals surface area contributed by atoms with E-state index in [1.807, 2.05) is 0 Å². The van der Waals surface area contributed by atoms with Crippen LogP contribution in [0.3, 0.4) is 0 Å². The number of ether oxygens (including phenoxy) is 3. The molecule has 2 aromatic carbocycles. The molecular weight excluding hydrogens is 559 g/mol. The lowest BCUT2D eigenvalue weighted by Gasteiger charge is -2.19. The zero-order valence-electron chi connectivity index (χ0n) is 22.9. The maximum Gasteiger partial charge on any atom is 0.573 e. The Balaban J connectivity index is 1.54. The van der Waals surface area contributed by atoms with E-state index in [9.17, 15) is 18.0 Å². The van der Waals surface area contributed by atoms with Gasteiger partial charge in [-0.05, 0) is 79.7 Å². The maximum atomic E-state index is 12.5. The number of rotatable bonds is 9. The van der Waals surface area contributed by atoms with E-state index < -0.39 is 18.1 Å². The molecule has 42 heavy (non-hydrogen) atoms. The number of aryl methyl sites for hydroxylation is 1. The van der Waals surface area contributed by atoms with Crippen LogP contribution in [0.1, 0.15) is 37.9 Å². The maximum absolute atomic E-state index is 12.5. The van der Waals surface area contributed by atoms with Crippen LogP contribution >= 0.6 is 0 Å². The summed E-state index contributed by atoms with van der Waals surface area (Å²) in [6.45, 7) is 5.17. The highest BCUT2D eigenvalue weighted by atomic mass is 19.4. The molecule has 1 amide bonds. The van der Waals surface area contributed by atoms with Gasteiger partial charge >= 0.3 is 12.5 Å². The van der Waals surface area contributed by atoms with Gasteiger partial charge in [-0.15, -0.1) is 18.3 Å². The molecule has 0 fully saturated rings. The lowest BCUT2D eigenvalue weighted by atomic mass is 10.1. The van der Waals surface area contributed by atoms with Gasteiger partial charge in [-0.25, -0.2) is 14.5 Å². The Morgan fingerprint density at radius 3 is 2.36 bits per heavy atom. The van der Waals surface area contributed by atoms with Gasteiger partial charge < -0.3 is 19.0 Å². The van der Waals surface area contributed by atoms with Gasteiger partial charge in [0.1, 0.15) is 28.7 Å². The van der Waals surface area contributed by atoms with E-state index in [2.05, 4.69) is 35.7 Å². The van der Waals surface area contributed by atoms with Crippen molar-refractivity contribution in [1.82, 2.24) is 25.2 Å². The molecule has 220 valence electrons. The summed E-state index contributed by atoms with van der Waals surface area (Å²) < 4.78 is 54.0. The summed E-state index contributed by atoms with van der Waals surface area (Å²) in [6.07, 6.45) is -5.46. The third-order valence-electron chi connectivity index (χ3n) is 5.06. The van der Waals surface area contributed by atoms with E-state index in [1.54, 1.807) is 70.3 Å². The molecule has 4 rings (SSSR count). The molecule has 2 heterocycles. The minimum absolute atomic E-state index is 0.0810. The average Bonchev–Trinajstić information content (AvgIpc) is 3.32. The van der Waals surface area contributed by atoms with E-state index in [-0.39, 0.29) is 35.5 Å². The molecule has 12 nitrogen and oxygen atoms in total. The number of benzene rings is 2. The fraction of sp³-hybridized carbons (Fsp3) is 0.259. The number of nitrogens with zero attached hydrogens (tertiary/aromatic N) is 6. The fourth-order valence-corrected chi connectivity index (χ4v) is 3.43. The van der Waals surface area contributed by atoms with Gasteiger partial charge in [-0.3, -0.25) is 5.32 Å². The highest BCUT2D eigenvalue weighted by molar-refractivity contribution is 6.12. The summed E-state index contributed by atoms with van der Waals surface area (Å²) in [5, 5.41) is 18.4. The molecule has 0 aliphatic rings. The molecular formula is C27H26F3N7O5. The topological polar surface area (TPSA) is 135 Å². The number of hydrogen-bond acceptors (Lipinski definition) is 10. The smallest absolute Gasteiger partial charge is 0.457 e. The Hall–Kier alpha value is -5.21. The first kappa shape index (κ1) is 29.8. The number of pyridine rings is 1. The number of para-hydroxylation sites is 1. The molecule has 0 aliphatic heterocycles. The number of amides is 1. The second kappa shape index (κ2) is 12.5. The van der Waals surface area contributed by atoms with Crippen LogP contribution < -0.4 is 14.8 Å². The summed E-state index contributed by atoms with van der Waals surface area (Å²) in [7, 11) is 1.61. The zero-order valence-corrected chi connectivity index (χ0v) is 22.9. The number of carbonyl (C=O) groups is 1. The third-order valence-corrected chi connectivity index (χ3v) is 5.06. The first-order valence-corrected chi connectivity index (χ1v) is 12.4. The number of anilines is 1. The molecule has 0 atom stereocenters. The van der Waals surface area contributed by atoms with Gasteiger partial charge in [0.2, 0.25) is 5.82 Å². The van der Waals surface area contributed by atoms with Crippen molar-refractivity contribution in [2.24, 2.45) is 12.2 Å². The van der Waals surface area contributed by atoms with Gasteiger partial charge in [0.15, 0.2) is 12.3 Å². The number of hydrogen-bond donors (Lipinski definition) is 1. The molecule has 0 saturated heterocycles. The number of nitrogens with one attached hydrogen (secondary N) is 1. The normalized spacial score (nSPS) is 12.0. The first-order valence-electron chi connectivity index (χ1n) is 12.4. The quantitative estimate of drug-likeness (QED) is 0.196. The summed E-state index contributed by atoms with van der Waals surface area (Å²) in [6, 6.07) is 16.7. The molecule has 0 aliphatic carbocycles. The molecule has 1 N–H and O–H groups in total. The van der Waals surface area contributed by atoms with Crippen molar-refractivity contribution in [3.8, 4) is 17.2 Å². The van der Waals surface area contributed by atoms with Gasteiger partial charge in [0.05, 0.1) is 11.3 Å². The van der Waals surface area contributed by atoms with E-state index >= 15 is 0 Å². The van der Waals surface area contributed by atoms with Crippen molar-refractivity contribution in [2.45, 2.75) is 39.3 Å². The fourth-order valence-electron chi connectivity index (χ4n) is 3.43. The Labute approximate surface area is 238 Å². The van der Waals surface area contributed by atoms with Gasteiger partial charge in [-0.2, -0.15) is 0 Å². The first-order chi connectivity index (χ1) is 19.9. The number of aromatic nitrogens is 5. The molecule has 0 spiro atoms. The van der Waals surface area contributed by atoms with Crippen LogP contribution in [0, 0.1) is 0 Å². The monoisotopic (exact) mass is 585 g/mol. The van der Waals surface area contributed by atoms with Gasteiger partial charge in [0.25, 0.3) is 0 Å². The van der Waals surface area contributed by atoms with Crippen molar-refractivity contribution in [3.05, 3.63) is 83.8 Å². The van der Waals surface area contributed by atoms with Gasteiger partial charge in [0, 0.05) is 7.05 Å². The highest BCUT2D eigenvalue weighted by Gasteiger charge is 2.31. The van der Waals surface area contributed by atoms with Gasteiger partial charge in [-0.1, -0.05) is 23.4 Å². The predicted molar refractivity (Wildman–Crippen MR) is 143 cm³/mol. The summed E-state index contributed by atoms with van der Waals surface area (Å²) in [4.78, 5) is 22.0. The Morgan fingerprint density at radius 1 is 0.976 bits per heavy atom. The Morgan fingerprint density at radius 2 is 1.69 bits per heavy atom. The van der Waals surface area contributed by atoms with Crippen LogP contribution in [-0.2, 0) is 23.2 Å². The Bertz CT molecular complexity index is 1550. The molecule has 0 unspecified atom stereocenters. The van der Waals surface area contributed by atoms with E-state index in [0.29, 0.717) is 17.0 Å². The van der Waals surface area contributed by atoms with Crippen LogP contribution in [0.15, 0.2) is 71.9 Å². The standard InChI is InChI=1S/C27H26F3N7O5/c1-26(2,3)42-25(38)32-22-11-7-8-17(31-22)16-39-34-23(24-33-35-36-37(24)4)20-9-5-6-10-21(20)40-18-12-14-19(15-13-18)41-27(28,29)30/h5-15H,16H2,1-4H3,(H,31,32,38)/b34-23-. The molecule has 0 radical (unpaired) electrons. The van der Waals surface area contributed by atoms with Crippen LogP contribution in [0.5, 0.6) is 17.2 Å². The number of carbonyl (C=O) groups excluding carboxylic acids is 1. The van der Waals surface area contributed by atoms with Crippen molar-refractivity contribution in [1.29, 1.82) is 0 Å². The number of tetrazole rings is 1. The molecule has 15 heteroatoms. The van der Waals surface area contributed by atoms with Crippen LogP contribution in [0.25, 0.3) is 0 Å². The molecule has 2 aromatic heterocycles. The second-order valence-electron chi connectivity index (χ2n) is 9.60. The number of halogens is 3. The van der Waals surface area contributed by atoms with E-state index in [0.717, 1.165) is 12.1 Å². The van der Waals surface area contributed by atoms with Crippen LogP contribution in [0.4, 0.5) is 23.8 Å². The summed E-state index contributed by atoms with van der Waals surface area (Å²) >= 11 is 0. The largest absolute Gasteiger partial charge is 0.573 e. The van der Waals surface area contributed by atoms with E-state index in [4.69, 9.17) is 14.3 Å². The number of oxime groups is 1. The average molecular weight is 586 g/mol. The summed E-state index contributed by atoms with van der Waals surface area (Å²) in [5.41, 5.74) is 0.418. The van der Waals surface area contributed by atoms with Crippen LogP contribution in [0.2, 0.25) is 0 Å². The number of alkyl halides is 3. The van der Waals surface area contributed by atoms with Crippen LogP contribution in [-0.4, -0.2) is 49.0 Å².